The van der Waals surface area contributed by atoms with E-state index in [9.17, 15) is 0 Å². The summed E-state index contributed by atoms with van der Waals surface area (Å²) in [7, 11) is 0. The van der Waals surface area contributed by atoms with Gasteiger partial charge in [0.1, 0.15) is 0 Å². The first kappa shape index (κ1) is 9.09. The topological polar surface area (TPSA) is 0 Å². The Bertz CT molecular complexity index is 59.6. The number of hydrogen-bond donors (Lipinski definition) is 0. The summed E-state index contributed by atoms with van der Waals surface area (Å²) in [5, 5.41) is 0. The molecule has 0 fully saturated rings. The third kappa shape index (κ3) is 8.09. The van der Waals surface area contributed by atoms with Gasteiger partial charge < -0.3 is 0 Å². The minimum atomic E-state index is 1.17. The summed E-state index contributed by atoms with van der Waals surface area (Å²) >= 11 is 1.68. The van der Waals surface area contributed by atoms with Crippen LogP contribution in [0.3, 0.4) is 0 Å². The van der Waals surface area contributed by atoms with Gasteiger partial charge >= 0.3 is 0 Å². The van der Waals surface area contributed by atoms with E-state index >= 15 is 0 Å². The molecule has 9 heavy (non-hydrogen) atoms. The minimum absolute atomic E-state index is 1.17. The molecule has 0 heterocycles. The quantitative estimate of drug-likeness (QED) is 0.406. The van der Waals surface area contributed by atoms with E-state index in [1.807, 2.05) is 6.08 Å². The van der Waals surface area contributed by atoms with Crippen molar-refractivity contribution in [2.45, 2.75) is 25.7 Å². The highest BCUT2D eigenvalue weighted by atomic mass is 32.2. The van der Waals surface area contributed by atoms with Crippen LogP contribution >= 0.6 is 11.8 Å². The van der Waals surface area contributed by atoms with Gasteiger partial charge in [0.05, 0.1) is 0 Å². The van der Waals surface area contributed by atoms with Crippen LogP contribution in [0.25, 0.3) is 0 Å². The second kappa shape index (κ2) is 8.09. The number of allylic oxidation sites excluding steroid dienone is 1. The molecule has 0 aliphatic heterocycles. The smallest absolute Gasteiger partial charge is 0.00235 e. The Morgan fingerprint density at radius 1 is 1.22 bits per heavy atom. The number of unbranched alkanes of at least 4 members (excludes halogenated alkanes) is 3. The van der Waals surface area contributed by atoms with Gasteiger partial charge in [-0.2, -0.15) is 11.8 Å². The molecule has 1 radical (unpaired) electrons. The summed E-state index contributed by atoms with van der Waals surface area (Å²) < 4.78 is 0. The van der Waals surface area contributed by atoms with Gasteiger partial charge in [-0.3, -0.25) is 0 Å². The van der Waals surface area contributed by atoms with E-state index < -0.39 is 0 Å². The van der Waals surface area contributed by atoms with Crippen LogP contribution in [0, 0.1) is 6.26 Å². The molecule has 0 aromatic rings. The maximum Gasteiger partial charge on any atom is 0.00235 e. The second-order valence-electron chi connectivity index (χ2n) is 2.05. The normalized spacial score (nSPS) is 9.44. The Labute approximate surface area is 62.7 Å². The lowest BCUT2D eigenvalue weighted by Gasteiger charge is -1.94. The van der Waals surface area contributed by atoms with Crippen LogP contribution in [-0.4, -0.2) is 5.75 Å². The van der Waals surface area contributed by atoms with Gasteiger partial charge in [-0.05, 0) is 25.0 Å². The Morgan fingerprint density at radius 3 is 2.56 bits per heavy atom. The predicted molar refractivity (Wildman–Crippen MR) is 46.5 cm³/mol. The molecule has 0 aromatic heterocycles. The summed E-state index contributed by atoms with van der Waals surface area (Å²) in [6.45, 7) is 3.66. The van der Waals surface area contributed by atoms with E-state index in [-0.39, 0.29) is 0 Å². The zero-order valence-corrected chi connectivity index (χ0v) is 6.75. The Kier molecular flexibility index (Phi) is 8.17. The van der Waals surface area contributed by atoms with Crippen LogP contribution in [0.2, 0.25) is 0 Å². The first-order chi connectivity index (χ1) is 4.41. The van der Waals surface area contributed by atoms with Gasteiger partial charge in [0, 0.05) is 6.26 Å². The van der Waals surface area contributed by atoms with Crippen molar-refractivity contribution in [3.63, 3.8) is 0 Å². The molecule has 0 saturated heterocycles. The highest BCUT2D eigenvalue weighted by molar-refractivity contribution is 8.00. The van der Waals surface area contributed by atoms with Gasteiger partial charge in [0.25, 0.3) is 0 Å². The molecular weight excluding hydrogens is 128 g/mol. The molecule has 0 rings (SSSR count). The largest absolute Gasteiger partial charge is 0.161 e. The molecular formula is C8H15S. The summed E-state index contributed by atoms with van der Waals surface area (Å²) in [6, 6.07) is 0. The van der Waals surface area contributed by atoms with E-state index in [0.717, 1.165) is 0 Å². The average molecular weight is 143 g/mol. The van der Waals surface area contributed by atoms with Crippen molar-refractivity contribution in [1.29, 1.82) is 0 Å². The fourth-order valence-corrected chi connectivity index (χ4v) is 1.08. The van der Waals surface area contributed by atoms with Crippen molar-refractivity contribution in [1.82, 2.24) is 0 Å². The van der Waals surface area contributed by atoms with Crippen molar-refractivity contribution >= 4 is 11.8 Å². The van der Waals surface area contributed by atoms with Crippen molar-refractivity contribution < 1.29 is 0 Å². The van der Waals surface area contributed by atoms with Gasteiger partial charge in [0.2, 0.25) is 0 Å². The monoisotopic (exact) mass is 143 g/mol. The van der Waals surface area contributed by atoms with Gasteiger partial charge in [-0.15, -0.1) is 6.58 Å². The van der Waals surface area contributed by atoms with E-state index in [1.165, 1.54) is 31.4 Å². The molecule has 0 amide bonds. The Morgan fingerprint density at radius 2 is 2.00 bits per heavy atom. The average Bonchev–Trinajstić information content (AvgIpc) is 1.89. The number of rotatable bonds is 6. The molecule has 0 spiro atoms. The molecule has 0 aliphatic carbocycles. The van der Waals surface area contributed by atoms with E-state index in [1.54, 1.807) is 11.8 Å². The van der Waals surface area contributed by atoms with E-state index in [0.29, 0.717) is 0 Å². The van der Waals surface area contributed by atoms with Crippen molar-refractivity contribution in [3.8, 4) is 0 Å². The molecule has 53 valence electrons. The van der Waals surface area contributed by atoms with Crippen LogP contribution in [-0.2, 0) is 0 Å². The molecule has 0 aliphatic rings. The SMILES string of the molecule is [CH2]SCCCCCC=C. The molecule has 0 nitrogen and oxygen atoms in total. The first-order valence-corrected chi connectivity index (χ1v) is 4.55. The Balaban J connectivity index is 2.66. The van der Waals surface area contributed by atoms with Crippen LogP contribution in [0.5, 0.6) is 0 Å². The maximum atomic E-state index is 3.70. The fraction of sp³-hybridized carbons (Fsp3) is 0.625. The first-order valence-electron chi connectivity index (χ1n) is 3.39. The molecule has 0 N–H and O–H groups in total. The van der Waals surface area contributed by atoms with Crippen LogP contribution in [0.1, 0.15) is 25.7 Å². The van der Waals surface area contributed by atoms with Crippen LogP contribution in [0.4, 0.5) is 0 Å². The highest BCUT2D eigenvalue weighted by Gasteiger charge is 1.84. The predicted octanol–water partition coefficient (Wildman–Crippen LogP) is 3.26. The summed E-state index contributed by atoms with van der Waals surface area (Å²) in [6.07, 6.45) is 10.8. The van der Waals surface area contributed by atoms with Crippen LogP contribution in [0.15, 0.2) is 12.7 Å². The maximum absolute atomic E-state index is 3.70. The summed E-state index contributed by atoms with van der Waals surface area (Å²) in [5.74, 6) is 1.21. The van der Waals surface area contributed by atoms with Crippen LogP contribution < -0.4 is 0 Å². The van der Waals surface area contributed by atoms with Crippen molar-refractivity contribution in [2.24, 2.45) is 0 Å². The van der Waals surface area contributed by atoms with Gasteiger partial charge in [-0.1, -0.05) is 12.5 Å². The third-order valence-electron chi connectivity index (χ3n) is 1.20. The zero-order valence-electron chi connectivity index (χ0n) is 5.94. The molecule has 1 heteroatoms. The van der Waals surface area contributed by atoms with E-state index in [4.69, 9.17) is 0 Å². The molecule has 0 unspecified atom stereocenters. The molecule has 0 atom stereocenters. The summed E-state index contributed by atoms with van der Waals surface area (Å²) in [5.41, 5.74) is 0. The second-order valence-corrected chi connectivity index (χ2v) is 2.86. The van der Waals surface area contributed by atoms with E-state index in [2.05, 4.69) is 12.8 Å². The number of hydrogen-bond acceptors (Lipinski definition) is 1. The lowest BCUT2D eigenvalue weighted by molar-refractivity contribution is 0.735. The molecule has 0 aromatic carbocycles. The lowest BCUT2D eigenvalue weighted by atomic mass is 10.2. The van der Waals surface area contributed by atoms with Crippen molar-refractivity contribution in [2.75, 3.05) is 5.75 Å². The highest BCUT2D eigenvalue weighted by Crippen LogP contribution is 2.05. The zero-order chi connectivity index (χ0) is 6.95. The third-order valence-corrected chi connectivity index (χ3v) is 1.77. The minimum Gasteiger partial charge on any atom is -0.161 e. The molecule has 0 saturated carbocycles. The van der Waals surface area contributed by atoms with Gasteiger partial charge in [0.15, 0.2) is 0 Å². The van der Waals surface area contributed by atoms with Crippen molar-refractivity contribution in [3.05, 3.63) is 18.9 Å². The molecule has 0 bridgehead atoms. The van der Waals surface area contributed by atoms with Gasteiger partial charge in [-0.25, -0.2) is 0 Å². The lowest BCUT2D eigenvalue weighted by Crippen LogP contribution is -1.77. The summed E-state index contributed by atoms with van der Waals surface area (Å²) in [4.78, 5) is 0. The standard InChI is InChI=1S/C8H15S/c1-3-4-5-6-7-8-9-2/h3H,1-2,4-8H2. The fourth-order valence-electron chi connectivity index (χ4n) is 0.670. The number of thioether (sulfide) groups is 1. The Hall–Kier alpha value is 0.0900.